The lowest BCUT2D eigenvalue weighted by Gasteiger charge is -2.02. The highest BCUT2D eigenvalue weighted by Crippen LogP contribution is 2.18. The fourth-order valence-electron chi connectivity index (χ4n) is 1.40. The molecule has 0 aliphatic heterocycles. The maximum Gasteiger partial charge on any atom is 0.287 e. The molecule has 0 atom stereocenters. The Bertz CT molecular complexity index is 382. The second kappa shape index (κ2) is 4.92. The summed E-state index contributed by atoms with van der Waals surface area (Å²) in [6.07, 6.45) is 3.94. The van der Waals surface area contributed by atoms with Crippen molar-refractivity contribution in [2.24, 2.45) is 0 Å². The Hall–Kier alpha value is -1.64. The third kappa shape index (κ3) is 3.19. The highest BCUT2D eigenvalue weighted by atomic mass is 16.2. The molecule has 0 unspecified atom stereocenters. The molecule has 1 aromatic carbocycles. The highest BCUT2D eigenvalue weighted by Gasteiger charge is 2.25. The quantitative estimate of drug-likeness (QED) is 0.754. The molecule has 0 saturated heterocycles. The van der Waals surface area contributed by atoms with Crippen molar-refractivity contribution in [1.29, 1.82) is 0 Å². The van der Waals surface area contributed by atoms with Crippen LogP contribution in [0, 0.1) is 6.42 Å². The van der Waals surface area contributed by atoms with Crippen LogP contribution in [-0.4, -0.2) is 17.7 Å². The summed E-state index contributed by atoms with van der Waals surface area (Å²) in [6, 6.07) is 9.85. The maximum atomic E-state index is 11.4. The van der Waals surface area contributed by atoms with E-state index in [1.54, 1.807) is 0 Å². The second-order valence-electron chi connectivity index (χ2n) is 4.01. The van der Waals surface area contributed by atoms with E-state index in [0.717, 1.165) is 18.4 Å². The van der Waals surface area contributed by atoms with E-state index in [2.05, 4.69) is 5.32 Å². The molecule has 0 bridgehead atoms. The minimum Gasteiger partial charge on any atom is -0.347 e. The van der Waals surface area contributed by atoms with Gasteiger partial charge in [0.05, 0.1) is 0 Å². The summed E-state index contributed by atoms with van der Waals surface area (Å²) in [4.78, 5) is 22.7. The van der Waals surface area contributed by atoms with Gasteiger partial charge in [-0.25, -0.2) is 0 Å². The maximum absolute atomic E-state index is 11.4. The number of carbonyl (C=O) groups is 2. The Labute approximate surface area is 94.9 Å². The van der Waals surface area contributed by atoms with Crippen LogP contribution in [0.5, 0.6) is 0 Å². The van der Waals surface area contributed by atoms with Crippen LogP contribution < -0.4 is 5.32 Å². The van der Waals surface area contributed by atoms with Gasteiger partial charge in [0.2, 0.25) is 5.78 Å². The second-order valence-corrected chi connectivity index (χ2v) is 4.01. The molecule has 1 N–H and O–H groups in total. The van der Waals surface area contributed by atoms with Gasteiger partial charge >= 0.3 is 0 Å². The predicted octanol–water partition coefficient (Wildman–Crippen LogP) is 1.28. The van der Waals surface area contributed by atoms with Crippen molar-refractivity contribution < 1.29 is 9.59 Å². The number of nitrogens with one attached hydrogen (secondary N) is 1. The number of benzene rings is 1. The van der Waals surface area contributed by atoms with E-state index in [9.17, 15) is 9.59 Å². The molecule has 1 aliphatic carbocycles. The number of Topliss-reactive ketones (excluding diaryl/α,β-unsaturated/α-hetero) is 1. The molecule has 83 valence electrons. The summed E-state index contributed by atoms with van der Waals surface area (Å²) in [5.74, 6) is -0.908. The molecular formula is C13H14NO2. The molecule has 0 spiro atoms. The molecule has 1 amide bonds. The SMILES string of the molecule is O=C([CH]Cc1ccccc1)C(=O)NC1CC1. The van der Waals surface area contributed by atoms with Gasteiger partial charge in [-0.15, -0.1) is 0 Å². The molecule has 2 rings (SSSR count). The largest absolute Gasteiger partial charge is 0.347 e. The average molecular weight is 216 g/mol. The van der Waals surface area contributed by atoms with Crippen LogP contribution in [0.15, 0.2) is 30.3 Å². The normalized spacial score (nSPS) is 14.5. The van der Waals surface area contributed by atoms with Gasteiger partial charge in [0, 0.05) is 12.5 Å². The Morgan fingerprint density at radius 1 is 1.25 bits per heavy atom. The summed E-state index contributed by atoms with van der Waals surface area (Å²) >= 11 is 0. The Morgan fingerprint density at radius 2 is 1.94 bits per heavy atom. The van der Waals surface area contributed by atoms with Gasteiger partial charge in [0.25, 0.3) is 5.91 Å². The lowest BCUT2D eigenvalue weighted by molar-refractivity contribution is -0.136. The minimum atomic E-state index is -0.474. The highest BCUT2D eigenvalue weighted by molar-refractivity contribution is 6.39. The van der Waals surface area contributed by atoms with Gasteiger partial charge < -0.3 is 5.32 Å². The van der Waals surface area contributed by atoms with Crippen LogP contribution in [0.4, 0.5) is 0 Å². The zero-order valence-electron chi connectivity index (χ0n) is 8.98. The van der Waals surface area contributed by atoms with Crippen molar-refractivity contribution >= 4 is 11.7 Å². The number of hydrogen-bond acceptors (Lipinski definition) is 2. The van der Waals surface area contributed by atoms with Gasteiger partial charge in [-0.2, -0.15) is 0 Å². The van der Waals surface area contributed by atoms with Crippen LogP contribution in [0.1, 0.15) is 18.4 Å². The van der Waals surface area contributed by atoms with E-state index < -0.39 is 11.7 Å². The summed E-state index contributed by atoms with van der Waals surface area (Å²) < 4.78 is 0. The standard InChI is InChI=1S/C13H14NO2/c15-12(13(16)14-11-7-8-11)9-6-10-4-2-1-3-5-10/h1-5,9,11H,6-8H2,(H,14,16). The van der Waals surface area contributed by atoms with E-state index in [1.165, 1.54) is 6.42 Å². The average Bonchev–Trinajstić information content (AvgIpc) is 3.11. The van der Waals surface area contributed by atoms with Crippen molar-refractivity contribution in [2.75, 3.05) is 0 Å². The Balaban J connectivity index is 1.76. The number of rotatable bonds is 5. The third-order valence-corrected chi connectivity index (χ3v) is 2.50. The van der Waals surface area contributed by atoms with Crippen LogP contribution in [0.25, 0.3) is 0 Å². The first kappa shape index (κ1) is 10.9. The molecule has 1 fully saturated rings. The first-order valence-electron chi connectivity index (χ1n) is 5.47. The summed E-state index contributed by atoms with van der Waals surface area (Å²) in [6.45, 7) is 0. The fraction of sp³-hybridized carbons (Fsp3) is 0.308. The zero-order valence-corrected chi connectivity index (χ0v) is 8.98. The molecule has 0 aromatic heterocycles. The first-order chi connectivity index (χ1) is 7.75. The molecule has 16 heavy (non-hydrogen) atoms. The van der Waals surface area contributed by atoms with Crippen molar-refractivity contribution in [1.82, 2.24) is 5.32 Å². The van der Waals surface area contributed by atoms with Crippen molar-refractivity contribution in [2.45, 2.75) is 25.3 Å². The molecule has 1 aromatic rings. The van der Waals surface area contributed by atoms with Gasteiger partial charge in [0.15, 0.2) is 0 Å². The smallest absolute Gasteiger partial charge is 0.287 e. The number of hydrogen-bond donors (Lipinski definition) is 1. The number of carbonyl (C=O) groups excluding carboxylic acids is 2. The molecule has 1 saturated carbocycles. The van der Waals surface area contributed by atoms with Crippen molar-refractivity contribution in [3.8, 4) is 0 Å². The number of ketones is 1. The summed E-state index contributed by atoms with van der Waals surface area (Å²) in [5.41, 5.74) is 1.04. The van der Waals surface area contributed by atoms with Crippen molar-refractivity contribution in [3.05, 3.63) is 42.3 Å². The van der Waals surface area contributed by atoms with Crippen LogP contribution in [0.2, 0.25) is 0 Å². The molecule has 0 heterocycles. The van der Waals surface area contributed by atoms with E-state index in [1.807, 2.05) is 30.3 Å². The lowest BCUT2D eigenvalue weighted by Crippen LogP contribution is -2.33. The van der Waals surface area contributed by atoms with Crippen molar-refractivity contribution in [3.63, 3.8) is 0 Å². The Kier molecular flexibility index (Phi) is 3.34. The lowest BCUT2D eigenvalue weighted by atomic mass is 10.1. The summed E-state index contributed by atoms with van der Waals surface area (Å²) in [7, 11) is 0. The molecule has 1 radical (unpaired) electrons. The van der Waals surface area contributed by atoms with Crippen LogP contribution in [0.3, 0.4) is 0 Å². The van der Waals surface area contributed by atoms with Gasteiger partial charge in [0.1, 0.15) is 0 Å². The molecule has 3 nitrogen and oxygen atoms in total. The predicted molar refractivity (Wildman–Crippen MR) is 60.6 cm³/mol. The van der Waals surface area contributed by atoms with Crippen LogP contribution >= 0.6 is 0 Å². The minimum absolute atomic E-state index is 0.238. The van der Waals surface area contributed by atoms with Gasteiger partial charge in [-0.3, -0.25) is 9.59 Å². The van der Waals surface area contributed by atoms with E-state index in [0.29, 0.717) is 6.42 Å². The number of amides is 1. The zero-order chi connectivity index (χ0) is 11.4. The van der Waals surface area contributed by atoms with E-state index in [-0.39, 0.29) is 6.04 Å². The Morgan fingerprint density at radius 3 is 2.56 bits per heavy atom. The van der Waals surface area contributed by atoms with Gasteiger partial charge in [-0.1, -0.05) is 30.3 Å². The monoisotopic (exact) mass is 216 g/mol. The molecule has 3 heteroatoms. The fourth-order valence-corrected chi connectivity index (χ4v) is 1.40. The first-order valence-corrected chi connectivity index (χ1v) is 5.47. The van der Waals surface area contributed by atoms with E-state index >= 15 is 0 Å². The summed E-state index contributed by atoms with van der Waals surface area (Å²) in [5, 5.41) is 2.67. The molecular weight excluding hydrogens is 202 g/mol. The van der Waals surface area contributed by atoms with Gasteiger partial charge in [-0.05, 0) is 24.8 Å². The van der Waals surface area contributed by atoms with Crippen LogP contribution in [-0.2, 0) is 16.0 Å². The third-order valence-electron chi connectivity index (χ3n) is 2.50. The van der Waals surface area contributed by atoms with E-state index in [4.69, 9.17) is 0 Å². The molecule has 1 aliphatic rings. The topological polar surface area (TPSA) is 46.2 Å².